The summed E-state index contributed by atoms with van der Waals surface area (Å²) in [5, 5.41) is 3.11. The van der Waals surface area contributed by atoms with Gasteiger partial charge in [0.1, 0.15) is 11.7 Å². The molecule has 3 heteroatoms. The predicted molar refractivity (Wildman–Crippen MR) is 50.6 cm³/mol. The fourth-order valence-electron chi connectivity index (χ4n) is 1.26. The van der Waals surface area contributed by atoms with Gasteiger partial charge in [-0.1, -0.05) is 17.8 Å². The Labute approximate surface area is 76.3 Å². The minimum absolute atomic E-state index is 0.762. The van der Waals surface area contributed by atoms with Crippen molar-refractivity contribution < 1.29 is 4.74 Å². The molecule has 0 atom stereocenters. The van der Waals surface area contributed by atoms with E-state index in [0.717, 1.165) is 18.2 Å². The van der Waals surface area contributed by atoms with Crippen LogP contribution in [-0.2, 0) is 6.54 Å². The Kier molecular flexibility index (Phi) is 2.23. The average Bonchev–Trinajstić information content (AvgIpc) is 2.51. The highest BCUT2D eigenvalue weighted by atomic mass is 32.2. The molecule has 0 radical (unpaired) electrons. The molecule has 12 heavy (non-hydrogen) atoms. The van der Waals surface area contributed by atoms with Gasteiger partial charge in [-0.05, 0) is 24.7 Å². The first kappa shape index (κ1) is 7.95. The van der Waals surface area contributed by atoms with Gasteiger partial charge in [-0.25, -0.2) is 0 Å². The van der Waals surface area contributed by atoms with Gasteiger partial charge in [-0.15, -0.1) is 0 Å². The second-order valence-electron chi connectivity index (χ2n) is 2.72. The van der Waals surface area contributed by atoms with Crippen molar-refractivity contribution in [3.8, 4) is 5.75 Å². The molecule has 0 saturated heterocycles. The molecule has 0 aliphatic carbocycles. The lowest BCUT2D eigenvalue weighted by molar-refractivity contribution is 0.397. The van der Waals surface area contributed by atoms with Gasteiger partial charge in [0.25, 0.3) is 0 Å². The van der Waals surface area contributed by atoms with E-state index in [1.807, 2.05) is 7.05 Å². The van der Waals surface area contributed by atoms with Gasteiger partial charge in [-0.3, -0.25) is 0 Å². The van der Waals surface area contributed by atoms with Gasteiger partial charge in [0.15, 0.2) is 0 Å². The average molecular weight is 181 g/mol. The minimum atomic E-state index is 0.762. The van der Waals surface area contributed by atoms with E-state index >= 15 is 0 Å². The van der Waals surface area contributed by atoms with Gasteiger partial charge < -0.3 is 10.1 Å². The van der Waals surface area contributed by atoms with E-state index in [0.29, 0.717) is 0 Å². The van der Waals surface area contributed by atoms with E-state index in [1.165, 1.54) is 10.5 Å². The number of ether oxygens (including phenoxy) is 1. The van der Waals surface area contributed by atoms with E-state index in [9.17, 15) is 0 Å². The Morgan fingerprint density at radius 1 is 1.58 bits per heavy atom. The Morgan fingerprint density at radius 3 is 3.33 bits per heavy atom. The monoisotopic (exact) mass is 181 g/mol. The fourth-order valence-corrected chi connectivity index (χ4v) is 1.99. The standard InChI is InChI=1S/C9H11NOS/c1-10-5-7-2-3-9-8(4-7)11-6-12-9/h2-4,10H,5-6H2,1H3. The molecule has 2 rings (SSSR count). The number of fused-ring (bicyclic) bond motifs is 1. The highest BCUT2D eigenvalue weighted by Gasteiger charge is 2.11. The SMILES string of the molecule is CNCc1ccc2c(c1)OCS2. The minimum Gasteiger partial charge on any atom is -0.481 e. The van der Waals surface area contributed by atoms with Crippen molar-refractivity contribution in [2.24, 2.45) is 0 Å². The van der Waals surface area contributed by atoms with Crippen molar-refractivity contribution in [2.45, 2.75) is 11.4 Å². The first-order valence-corrected chi connectivity index (χ1v) is 4.92. The van der Waals surface area contributed by atoms with Crippen molar-refractivity contribution in [3.63, 3.8) is 0 Å². The van der Waals surface area contributed by atoms with Crippen LogP contribution in [-0.4, -0.2) is 13.0 Å². The maximum atomic E-state index is 5.42. The summed E-state index contributed by atoms with van der Waals surface area (Å²) in [4.78, 5) is 1.26. The summed E-state index contributed by atoms with van der Waals surface area (Å²) in [6, 6.07) is 6.36. The van der Waals surface area contributed by atoms with E-state index in [4.69, 9.17) is 4.74 Å². The van der Waals surface area contributed by atoms with Crippen LogP contribution >= 0.6 is 11.8 Å². The number of benzene rings is 1. The number of nitrogens with one attached hydrogen (secondary N) is 1. The zero-order chi connectivity index (χ0) is 8.39. The van der Waals surface area contributed by atoms with Gasteiger partial charge in [0, 0.05) is 6.54 Å². The largest absolute Gasteiger partial charge is 0.481 e. The second kappa shape index (κ2) is 3.37. The summed E-state index contributed by atoms with van der Waals surface area (Å²) in [7, 11) is 1.95. The van der Waals surface area contributed by atoms with Crippen molar-refractivity contribution >= 4 is 11.8 Å². The predicted octanol–water partition coefficient (Wildman–Crippen LogP) is 1.85. The first-order valence-electron chi connectivity index (χ1n) is 3.93. The molecule has 64 valence electrons. The summed E-state index contributed by atoms with van der Waals surface area (Å²) >= 11 is 1.75. The molecule has 0 unspecified atom stereocenters. The molecule has 1 N–H and O–H groups in total. The van der Waals surface area contributed by atoms with Crippen LogP contribution in [0.4, 0.5) is 0 Å². The van der Waals surface area contributed by atoms with Crippen molar-refractivity contribution in [1.82, 2.24) is 5.32 Å². The Balaban J connectivity index is 2.26. The van der Waals surface area contributed by atoms with E-state index in [1.54, 1.807) is 11.8 Å². The fraction of sp³-hybridized carbons (Fsp3) is 0.333. The third kappa shape index (κ3) is 1.42. The molecule has 1 aromatic carbocycles. The molecule has 1 aliphatic rings. The van der Waals surface area contributed by atoms with Crippen LogP contribution in [0.15, 0.2) is 23.1 Å². The molecule has 1 heterocycles. The van der Waals surface area contributed by atoms with Gasteiger partial charge in [-0.2, -0.15) is 0 Å². The van der Waals surface area contributed by atoms with Gasteiger partial charge >= 0.3 is 0 Å². The van der Waals surface area contributed by atoms with Crippen molar-refractivity contribution in [1.29, 1.82) is 0 Å². The third-order valence-electron chi connectivity index (χ3n) is 1.82. The number of rotatable bonds is 2. The quantitative estimate of drug-likeness (QED) is 0.752. The highest BCUT2D eigenvalue weighted by molar-refractivity contribution is 7.99. The van der Waals surface area contributed by atoms with Crippen LogP contribution in [0.25, 0.3) is 0 Å². The molecular formula is C9H11NOS. The first-order chi connectivity index (χ1) is 5.90. The van der Waals surface area contributed by atoms with E-state index in [-0.39, 0.29) is 0 Å². The van der Waals surface area contributed by atoms with E-state index in [2.05, 4.69) is 23.5 Å². The van der Waals surface area contributed by atoms with Crippen LogP contribution in [0.2, 0.25) is 0 Å². The maximum absolute atomic E-state index is 5.42. The zero-order valence-electron chi connectivity index (χ0n) is 6.96. The van der Waals surface area contributed by atoms with Crippen LogP contribution in [0.5, 0.6) is 5.75 Å². The van der Waals surface area contributed by atoms with Gasteiger partial charge in [0.2, 0.25) is 0 Å². The summed E-state index contributed by atoms with van der Waals surface area (Å²) in [5.74, 6) is 1.80. The molecular weight excluding hydrogens is 170 g/mol. The maximum Gasteiger partial charge on any atom is 0.138 e. The summed E-state index contributed by atoms with van der Waals surface area (Å²) in [6.45, 7) is 0.904. The summed E-state index contributed by atoms with van der Waals surface area (Å²) < 4.78 is 5.42. The lowest BCUT2D eigenvalue weighted by atomic mass is 10.2. The number of hydrogen-bond acceptors (Lipinski definition) is 3. The second-order valence-corrected chi connectivity index (χ2v) is 3.68. The molecule has 0 bridgehead atoms. The molecule has 0 fully saturated rings. The van der Waals surface area contributed by atoms with Crippen LogP contribution < -0.4 is 10.1 Å². The van der Waals surface area contributed by atoms with E-state index < -0.39 is 0 Å². The number of thioether (sulfide) groups is 1. The molecule has 1 aromatic rings. The van der Waals surface area contributed by atoms with Crippen LogP contribution in [0, 0.1) is 0 Å². The lowest BCUT2D eigenvalue weighted by Gasteiger charge is -2.02. The summed E-state index contributed by atoms with van der Waals surface area (Å²) in [6.07, 6.45) is 0. The molecule has 0 saturated carbocycles. The Hall–Kier alpha value is -0.670. The molecule has 0 amide bonds. The number of hydrogen-bond donors (Lipinski definition) is 1. The molecule has 0 aromatic heterocycles. The topological polar surface area (TPSA) is 21.3 Å². The summed E-state index contributed by atoms with van der Waals surface area (Å²) in [5.41, 5.74) is 1.28. The Morgan fingerprint density at radius 2 is 2.50 bits per heavy atom. The third-order valence-corrected chi connectivity index (χ3v) is 2.70. The Bertz CT molecular complexity index is 288. The molecule has 2 nitrogen and oxygen atoms in total. The molecule has 1 aliphatic heterocycles. The van der Waals surface area contributed by atoms with Crippen molar-refractivity contribution in [2.75, 3.05) is 13.0 Å². The van der Waals surface area contributed by atoms with Gasteiger partial charge in [0.05, 0.1) is 4.90 Å². The van der Waals surface area contributed by atoms with Crippen LogP contribution in [0.1, 0.15) is 5.56 Å². The normalized spacial score (nSPS) is 14.1. The lowest BCUT2D eigenvalue weighted by Crippen LogP contribution is -2.04. The zero-order valence-corrected chi connectivity index (χ0v) is 7.78. The van der Waals surface area contributed by atoms with Crippen molar-refractivity contribution in [3.05, 3.63) is 23.8 Å². The van der Waals surface area contributed by atoms with Crippen LogP contribution in [0.3, 0.4) is 0 Å². The smallest absolute Gasteiger partial charge is 0.138 e. The molecule has 0 spiro atoms. The highest BCUT2D eigenvalue weighted by Crippen LogP contribution is 2.36.